The molecule has 0 aliphatic heterocycles. The van der Waals surface area contributed by atoms with Crippen LogP contribution in [-0.2, 0) is 19.6 Å². The predicted octanol–water partition coefficient (Wildman–Crippen LogP) is 3.03. The van der Waals surface area contributed by atoms with Crippen molar-refractivity contribution in [2.75, 3.05) is 14.2 Å². The Labute approximate surface area is 165 Å². The number of benzene rings is 2. The Bertz CT molecular complexity index is 920. The van der Waals surface area contributed by atoms with E-state index in [4.69, 9.17) is 4.74 Å². The van der Waals surface area contributed by atoms with E-state index < -0.39 is 10.0 Å². The van der Waals surface area contributed by atoms with Gasteiger partial charge in [0.15, 0.2) is 0 Å². The molecular weight excluding hydrogens is 380 g/mol. The lowest BCUT2D eigenvalue weighted by atomic mass is 10.0. The fourth-order valence-electron chi connectivity index (χ4n) is 2.44. The van der Waals surface area contributed by atoms with Gasteiger partial charge in [0.1, 0.15) is 5.75 Å². The van der Waals surface area contributed by atoms with Crippen LogP contribution in [0.4, 0.5) is 0 Å². The molecule has 0 fully saturated rings. The van der Waals surface area contributed by atoms with Crippen molar-refractivity contribution >= 4 is 21.7 Å². The molecule has 0 aromatic heterocycles. The number of carbonyl (C=O) groups is 1. The third-order valence-corrected chi connectivity index (χ3v) is 5.30. The smallest absolute Gasteiger partial charge is 0.305 e. The van der Waals surface area contributed by atoms with Crippen molar-refractivity contribution in [3.05, 3.63) is 59.7 Å². The predicted molar refractivity (Wildman–Crippen MR) is 107 cm³/mol. The molecule has 1 N–H and O–H groups in total. The molecule has 28 heavy (non-hydrogen) atoms. The Morgan fingerprint density at radius 1 is 1.00 bits per heavy atom. The van der Waals surface area contributed by atoms with Gasteiger partial charge in [-0.15, -0.1) is 0 Å². The number of nitrogens with one attached hydrogen (secondary N) is 1. The Hall–Kier alpha value is -2.87. The SMILES string of the molecule is COC(=O)CCC/C(=N/NS(=O)(=O)c1ccc(C)cc1)c1ccc(OC)cc1. The zero-order valence-corrected chi connectivity index (χ0v) is 17.0. The Balaban J connectivity index is 2.23. The normalized spacial score (nSPS) is 11.8. The van der Waals surface area contributed by atoms with Crippen molar-refractivity contribution in [2.24, 2.45) is 5.10 Å². The number of carbonyl (C=O) groups excluding carboxylic acids is 1. The number of methoxy groups -OCH3 is 2. The first kappa shape index (κ1) is 21.4. The van der Waals surface area contributed by atoms with Crippen LogP contribution in [0.25, 0.3) is 0 Å². The third kappa shape index (κ3) is 6.09. The van der Waals surface area contributed by atoms with E-state index in [9.17, 15) is 13.2 Å². The van der Waals surface area contributed by atoms with E-state index in [2.05, 4.69) is 14.7 Å². The summed E-state index contributed by atoms with van der Waals surface area (Å²) in [5.74, 6) is 0.354. The maximum Gasteiger partial charge on any atom is 0.305 e. The van der Waals surface area contributed by atoms with Crippen molar-refractivity contribution in [3.8, 4) is 5.75 Å². The summed E-state index contributed by atoms with van der Waals surface area (Å²) in [5.41, 5.74) is 2.21. The van der Waals surface area contributed by atoms with E-state index in [1.807, 2.05) is 6.92 Å². The first-order valence-corrected chi connectivity index (χ1v) is 10.2. The summed E-state index contributed by atoms with van der Waals surface area (Å²) in [6.45, 7) is 1.88. The number of hydrogen-bond donors (Lipinski definition) is 1. The molecule has 0 saturated carbocycles. The second-order valence-electron chi connectivity index (χ2n) is 6.12. The lowest BCUT2D eigenvalue weighted by Crippen LogP contribution is -2.21. The highest BCUT2D eigenvalue weighted by molar-refractivity contribution is 7.89. The molecule has 0 amide bonds. The van der Waals surface area contributed by atoms with Gasteiger partial charge in [-0.25, -0.2) is 0 Å². The lowest BCUT2D eigenvalue weighted by Gasteiger charge is -2.10. The molecule has 2 rings (SSSR count). The van der Waals surface area contributed by atoms with Gasteiger partial charge in [-0.2, -0.15) is 18.4 Å². The van der Waals surface area contributed by atoms with Gasteiger partial charge in [0.25, 0.3) is 10.0 Å². The van der Waals surface area contributed by atoms with Gasteiger partial charge < -0.3 is 9.47 Å². The highest BCUT2D eigenvalue weighted by Gasteiger charge is 2.14. The van der Waals surface area contributed by atoms with Crippen molar-refractivity contribution in [3.63, 3.8) is 0 Å². The standard InChI is InChI=1S/C20H24N2O5S/c1-15-7-13-18(14-8-15)28(24,25)22-21-19(5-4-6-20(23)27-3)16-9-11-17(26-2)12-10-16/h7-14,22H,4-6H2,1-3H3/b21-19-. The molecule has 0 aliphatic rings. The summed E-state index contributed by atoms with van der Waals surface area (Å²) in [7, 11) is -0.897. The van der Waals surface area contributed by atoms with Crippen LogP contribution in [0.5, 0.6) is 5.75 Å². The van der Waals surface area contributed by atoms with Crippen LogP contribution in [0.1, 0.15) is 30.4 Å². The van der Waals surface area contributed by atoms with Crippen molar-refractivity contribution < 1.29 is 22.7 Å². The van der Waals surface area contributed by atoms with E-state index in [0.29, 0.717) is 24.3 Å². The monoisotopic (exact) mass is 404 g/mol. The number of ether oxygens (including phenoxy) is 2. The largest absolute Gasteiger partial charge is 0.497 e. The molecular formula is C20H24N2O5S. The Morgan fingerprint density at radius 2 is 1.64 bits per heavy atom. The number of sulfonamides is 1. The van der Waals surface area contributed by atoms with Crippen molar-refractivity contribution in [2.45, 2.75) is 31.1 Å². The first-order chi connectivity index (χ1) is 13.4. The minimum absolute atomic E-state index is 0.130. The van der Waals surface area contributed by atoms with Gasteiger partial charge in [0, 0.05) is 6.42 Å². The second kappa shape index (κ2) is 9.89. The molecule has 0 saturated heterocycles. The van der Waals surface area contributed by atoms with E-state index in [0.717, 1.165) is 11.1 Å². The number of aryl methyl sites for hydroxylation is 1. The van der Waals surface area contributed by atoms with Crippen LogP contribution in [0.15, 0.2) is 58.5 Å². The second-order valence-corrected chi connectivity index (χ2v) is 7.79. The average Bonchev–Trinajstić information content (AvgIpc) is 2.70. The molecule has 0 aliphatic carbocycles. The third-order valence-electron chi connectivity index (χ3n) is 4.08. The maximum atomic E-state index is 12.5. The van der Waals surface area contributed by atoms with E-state index in [1.165, 1.54) is 19.2 Å². The molecule has 0 spiro atoms. The highest BCUT2D eigenvalue weighted by atomic mass is 32.2. The van der Waals surface area contributed by atoms with Crippen molar-refractivity contribution in [1.82, 2.24) is 4.83 Å². The van der Waals surface area contributed by atoms with E-state index >= 15 is 0 Å². The summed E-state index contributed by atoms with van der Waals surface area (Å²) in [4.78, 5) is 13.8. The first-order valence-electron chi connectivity index (χ1n) is 8.72. The van der Waals surface area contributed by atoms with Gasteiger partial charge in [-0.05, 0) is 61.7 Å². The number of rotatable bonds is 9. The van der Waals surface area contributed by atoms with Gasteiger partial charge in [-0.1, -0.05) is 17.7 Å². The van der Waals surface area contributed by atoms with Crippen molar-refractivity contribution in [1.29, 1.82) is 0 Å². The number of hydrogen-bond acceptors (Lipinski definition) is 6. The van der Waals surface area contributed by atoms with E-state index in [1.54, 1.807) is 43.5 Å². The number of esters is 1. The average molecular weight is 404 g/mol. The summed E-state index contributed by atoms with van der Waals surface area (Å²) in [6.07, 6.45) is 1.10. The molecule has 7 nitrogen and oxygen atoms in total. The van der Waals surface area contributed by atoms with E-state index in [-0.39, 0.29) is 17.3 Å². The van der Waals surface area contributed by atoms with Crippen LogP contribution in [0.3, 0.4) is 0 Å². The summed E-state index contributed by atoms with van der Waals surface area (Å²) < 4.78 is 34.8. The zero-order valence-electron chi connectivity index (χ0n) is 16.1. The molecule has 8 heteroatoms. The molecule has 150 valence electrons. The fourth-order valence-corrected chi connectivity index (χ4v) is 3.27. The lowest BCUT2D eigenvalue weighted by molar-refractivity contribution is -0.140. The van der Waals surface area contributed by atoms with Gasteiger partial charge in [-0.3, -0.25) is 4.79 Å². The number of nitrogens with zero attached hydrogens (tertiary/aromatic N) is 1. The molecule has 2 aromatic rings. The van der Waals surface area contributed by atoms with Gasteiger partial charge in [0.05, 0.1) is 24.8 Å². The molecule has 0 radical (unpaired) electrons. The van der Waals surface area contributed by atoms with Crippen LogP contribution in [-0.4, -0.2) is 34.3 Å². The highest BCUT2D eigenvalue weighted by Crippen LogP contribution is 2.16. The van der Waals surface area contributed by atoms with Crippen LogP contribution in [0, 0.1) is 6.92 Å². The van der Waals surface area contributed by atoms with Crippen LogP contribution >= 0.6 is 0 Å². The number of hydrazone groups is 1. The molecule has 0 atom stereocenters. The molecule has 2 aromatic carbocycles. The quantitative estimate of drug-likeness (QED) is 0.394. The molecule has 0 heterocycles. The maximum absolute atomic E-state index is 12.5. The minimum Gasteiger partial charge on any atom is -0.497 e. The Kier molecular flexibility index (Phi) is 7.57. The summed E-state index contributed by atoms with van der Waals surface area (Å²) in [5, 5.41) is 4.13. The van der Waals surface area contributed by atoms with Gasteiger partial charge >= 0.3 is 5.97 Å². The zero-order chi connectivity index (χ0) is 20.6. The fraction of sp³-hybridized carbons (Fsp3) is 0.300. The van der Waals surface area contributed by atoms with Crippen LogP contribution in [0.2, 0.25) is 0 Å². The summed E-state index contributed by atoms with van der Waals surface area (Å²) >= 11 is 0. The van der Waals surface area contributed by atoms with Gasteiger partial charge in [0.2, 0.25) is 0 Å². The summed E-state index contributed by atoms with van der Waals surface area (Å²) in [6, 6.07) is 13.6. The molecule has 0 bridgehead atoms. The topological polar surface area (TPSA) is 94.1 Å². The Morgan fingerprint density at radius 3 is 2.21 bits per heavy atom. The van der Waals surface area contributed by atoms with Crippen LogP contribution < -0.4 is 9.57 Å². The minimum atomic E-state index is -3.79. The molecule has 0 unspecified atom stereocenters.